The number of hydrogen-bond donors (Lipinski definition) is 2. The zero-order chi connectivity index (χ0) is 21.4. The normalized spacial score (nSPS) is 11.3. The third-order valence-corrected chi connectivity index (χ3v) is 5.89. The highest BCUT2D eigenvalue weighted by atomic mass is 32.1. The standard InChI is InChI=1S/C24H23N5OS/c1-3-28-20-10-6-4-8-17(20)19-14-16(12-13-21(19)28)15-25-29-23(26-27-24(29)31)18-9-5-7-11-22(18)30-2/h4-14,25H,3,15H2,1-2H3,(H,27,31). The van der Waals surface area contributed by atoms with Crippen LogP contribution in [0.2, 0.25) is 0 Å². The monoisotopic (exact) mass is 429 g/mol. The topological polar surface area (TPSA) is 59.8 Å². The summed E-state index contributed by atoms with van der Waals surface area (Å²) in [6.45, 7) is 3.73. The highest BCUT2D eigenvalue weighted by Crippen LogP contribution is 2.30. The van der Waals surface area contributed by atoms with Crippen LogP contribution in [0.15, 0.2) is 66.7 Å². The second kappa shape index (κ2) is 7.92. The number of nitrogens with zero attached hydrogens (tertiary/aromatic N) is 3. The molecule has 2 heterocycles. The number of para-hydroxylation sites is 2. The van der Waals surface area contributed by atoms with Gasteiger partial charge in [-0.05, 0) is 55.0 Å². The molecule has 2 aromatic heterocycles. The van der Waals surface area contributed by atoms with Gasteiger partial charge in [0, 0.05) is 28.4 Å². The Kier molecular flexibility index (Phi) is 4.95. The average Bonchev–Trinajstić information content (AvgIpc) is 3.34. The average molecular weight is 430 g/mol. The van der Waals surface area contributed by atoms with Gasteiger partial charge in [0.05, 0.1) is 19.2 Å². The van der Waals surface area contributed by atoms with Gasteiger partial charge in [0.2, 0.25) is 4.77 Å². The SMILES string of the molecule is CCn1c2ccccc2c2cc(CNn3c(-c4ccccc4OC)n[nH]c3=S)ccc21. The summed E-state index contributed by atoms with van der Waals surface area (Å²) in [5, 5.41) is 9.83. The minimum Gasteiger partial charge on any atom is -0.496 e. The van der Waals surface area contributed by atoms with Gasteiger partial charge in [0.15, 0.2) is 5.82 Å². The lowest BCUT2D eigenvalue weighted by Crippen LogP contribution is -2.16. The van der Waals surface area contributed by atoms with Crippen LogP contribution in [0.5, 0.6) is 5.75 Å². The fourth-order valence-corrected chi connectivity index (χ4v) is 4.37. The summed E-state index contributed by atoms with van der Waals surface area (Å²) in [4.78, 5) is 0. The Morgan fingerprint density at radius 3 is 2.61 bits per heavy atom. The van der Waals surface area contributed by atoms with Crippen molar-refractivity contribution >= 4 is 34.0 Å². The number of aryl methyl sites for hydroxylation is 1. The predicted molar refractivity (Wildman–Crippen MR) is 128 cm³/mol. The summed E-state index contributed by atoms with van der Waals surface area (Å²) >= 11 is 5.47. The van der Waals surface area contributed by atoms with E-state index in [0.29, 0.717) is 17.1 Å². The number of benzene rings is 3. The van der Waals surface area contributed by atoms with Crippen molar-refractivity contribution in [2.24, 2.45) is 0 Å². The van der Waals surface area contributed by atoms with E-state index in [1.165, 1.54) is 27.4 Å². The van der Waals surface area contributed by atoms with Gasteiger partial charge in [-0.3, -0.25) is 0 Å². The molecule has 5 rings (SSSR count). The predicted octanol–water partition coefficient (Wildman–Crippen LogP) is 5.49. The van der Waals surface area contributed by atoms with E-state index in [4.69, 9.17) is 17.0 Å². The summed E-state index contributed by atoms with van der Waals surface area (Å²) < 4.78 is 10.2. The van der Waals surface area contributed by atoms with Crippen molar-refractivity contribution in [3.63, 3.8) is 0 Å². The molecule has 0 aliphatic rings. The zero-order valence-corrected chi connectivity index (χ0v) is 18.2. The molecule has 0 saturated heterocycles. The van der Waals surface area contributed by atoms with Gasteiger partial charge >= 0.3 is 0 Å². The molecule has 0 radical (unpaired) electrons. The number of ether oxygens (including phenoxy) is 1. The van der Waals surface area contributed by atoms with Gasteiger partial charge in [0.1, 0.15) is 5.75 Å². The Hall–Kier alpha value is -3.58. The van der Waals surface area contributed by atoms with Gasteiger partial charge in [0.25, 0.3) is 0 Å². The molecule has 3 aromatic carbocycles. The van der Waals surface area contributed by atoms with Crippen molar-refractivity contribution in [1.82, 2.24) is 19.4 Å². The van der Waals surface area contributed by atoms with Crippen molar-refractivity contribution in [2.75, 3.05) is 12.5 Å². The molecular formula is C24H23N5OS. The largest absolute Gasteiger partial charge is 0.496 e. The van der Waals surface area contributed by atoms with Crippen LogP contribution < -0.4 is 10.2 Å². The van der Waals surface area contributed by atoms with Gasteiger partial charge in [-0.2, -0.15) is 5.10 Å². The van der Waals surface area contributed by atoms with Crippen molar-refractivity contribution in [2.45, 2.75) is 20.0 Å². The van der Waals surface area contributed by atoms with Gasteiger partial charge in [-0.15, -0.1) is 0 Å². The number of fused-ring (bicyclic) bond motifs is 3. The molecule has 0 aliphatic heterocycles. The summed E-state index contributed by atoms with van der Waals surface area (Å²) in [6, 6.07) is 22.9. The van der Waals surface area contributed by atoms with Gasteiger partial charge in [-0.1, -0.05) is 36.4 Å². The second-order valence-corrected chi connectivity index (χ2v) is 7.72. The quantitative estimate of drug-likeness (QED) is 0.351. The summed E-state index contributed by atoms with van der Waals surface area (Å²) in [5.41, 5.74) is 7.97. The summed E-state index contributed by atoms with van der Waals surface area (Å²) in [5.74, 6) is 1.43. The van der Waals surface area contributed by atoms with Crippen molar-refractivity contribution < 1.29 is 4.74 Å². The third-order valence-electron chi connectivity index (χ3n) is 5.61. The molecule has 5 aromatic rings. The van der Waals surface area contributed by atoms with E-state index < -0.39 is 0 Å². The molecule has 0 unspecified atom stereocenters. The molecule has 6 nitrogen and oxygen atoms in total. The van der Waals surface area contributed by atoms with Crippen LogP contribution in [0, 0.1) is 4.77 Å². The molecule has 0 spiro atoms. The third kappa shape index (κ3) is 3.27. The first-order chi connectivity index (χ1) is 15.2. The lowest BCUT2D eigenvalue weighted by molar-refractivity contribution is 0.416. The second-order valence-electron chi connectivity index (χ2n) is 7.34. The Labute approximate surface area is 185 Å². The fourth-order valence-electron chi connectivity index (χ4n) is 4.18. The molecule has 0 saturated carbocycles. The Bertz CT molecular complexity index is 1450. The molecule has 0 atom stereocenters. The van der Waals surface area contributed by atoms with Gasteiger partial charge < -0.3 is 14.7 Å². The van der Waals surface area contributed by atoms with Crippen LogP contribution in [-0.4, -0.2) is 26.6 Å². The van der Waals surface area contributed by atoms with Crippen LogP contribution in [0.3, 0.4) is 0 Å². The fraction of sp³-hybridized carbons (Fsp3) is 0.167. The number of methoxy groups -OCH3 is 1. The molecule has 0 fully saturated rings. The number of H-pyrrole nitrogens is 1. The number of aromatic amines is 1. The minimum atomic E-state index is 0.504. The first-order valence-corrected chi connectivity index (χ1v) is 10.7. The maximum atomic E-state index is 5.50. The molecule has 0 aliphatic carbocycles. The number of rotatable bonds is 6. The van der Waals surface area contributed by atoms with Crippen LogP contribution in [0.25, 0.3) is 33.2 Å². The highest BCUT2D eigenvalue weighted by Gasteiger charge is 2.14. The lowest BCUT2D eigenvalue weighted by Gasteiger charge is -2.12. The molecule has 0 bridgehead atoms. The maximum Gasteiger partial charge on any atom is 0.214 e. The van der Waals surface area contributed by atoms with Crippen LogP contribution >= 0.6 is 12.2 Å². The first kappa shape index (κ1) is 19.4. The summed E-state index contributed by atoms with van der Waals surface area (Å²) in [6.07, 6.45) is 0. The van der Waals surface area contributed by atoms with Crippen LogP contribution in [0.1, 0.15) is 12.5 Å². The lowest BCUT2D eigenvalue weighted by atomic mass is 10.1. The van der Waals surface area contributed by atoms with E-state index in [9.17, 15) is 0 Å². The van der Waals surface area contributed by atoms with E-state index in [1.807, 2.05) is 24.3 Å². The van der Waals surface area contributed by atoms with E-state index in [1.54, 1.807) is 11.8 Å². The van der Waals surface area contributed by atoms with Crippen molar-refractivity contribution in [3.8, 4) is 17.1 Å². The van der Waals surface area contributed by atoms with E-state index >= 15 is 0 Å². The minimum absolute atomic E-state index is 0.504. The smallest absolute Gasteiger partial charge is 0.214 e. The zero-order valence-electron chi connectivity index (χ0n) is 17.4. The molecule has 156 valence electrons. The molecule has 2 N–H and O–H groups in total. The van der Waals surface area contributed by atoms with Crippen LogP contribution in [-0.2, 0) is 13.1 Å². The number of aromatic nitrogens is 4. The highest BCUT2D eigenvalue weighted by molar-refractivity contribution is 7.71. The van der Waals surface area contributed by atoms with E-state index in [2.05, 4.69) is 69.6 Å². The van der Waals surface area contributed by atoms with Gasteiger partial charge in [-0.25, -0.2) is 9.77 Å². The first-order valence-electron chi connectivity index (χ1n) is 10.3. The van der Waals surface area contributed by atoms with Crippen molar-refractivity contribution in [1.29, 1.82) is 0 Å². The number of hydrogen-bond acceptors (Lipinski definition) is 4. The van der Waals surface area contributed by atoms with Crippen molar-refractivity contribution in [3.05, 3.63) is 77.1 Å². The van der Waals surface area contributed by atoms with Crippen LogP contribution in [0.4, 0.5) is 0 Å². The molecule has 7 heteroatoms. The summed E-state index contributed by atoms with van der Waals surface area (Å²) in [7, 11) is 1.65. The molecular weight excluding hydrogens is 406 g/mol. The van der Waals surface area contributed by atoms with E-state index in [-0.39, 0.29) is 0 Å². The Morgan fingerprint density at radius 1 is 1.00 bits per heavy atom. The van der Waals surface area contributed by atoms with E-state index in [0.717, 1.165) is 17.9 Å². The maximum absolute atomic E-state index is 5.50. The Morgan fingerprint density at radius 2 is 1.77 bits per heavy atom. The number of nitrogens with one attached hydrogen (secondary N) is 2. The Balaban J connectivity index is 1.51. The molecule has 0 amide bonds. The molecule has 31 heavy (non-hydrogen) atoms.